The zero-order valence-electron chi connectivity index (χ0n) is 18.7. The molecule has 1 unspecified atom stereocenters. The number of fused-ring (bicyclic) bond motifs is 1. The van der Waals surface area contributed by atoms with Gasteiger partial charge in [-0.05, 0) is 74.7 Å². The van der Waals surface area contributed by atoms with Gasteiger partial charge in [-0.25, -0.2) is 14.5 Å². The Hall–Kier alpha value is -3.27. The molecule has 3 heterocycles. The Labute approximate surface area is 186 Å². The number of nitrogens with zero attached hydrogens (tertiary/aromatic N) is 5. The van der Waals surface area contributed by atoms with Crippen LogP contribution in [0.5, 0.6) is 0 Å². The summed E-state index contributed by atoms with van der Waals surface area (Å²) >= 11 is 0. The Balaban J connectivity index is 1.49. The summed E-state index contributed by atoms with van der Waals surface area (Å²) in [6.45, 7) is 11.0. The predicted octanol–water partition coefficient (Wildman–Crippen LogP) is 2.98. The molecule has 3 aromatic heterocycles. The Bertz CT molecular complexity index is 1060. The zero-order chi connectivity index (χ0) is 22.7. The van der Waals surface area contributed by atoms with Crippen LogP contribution in [0, 0.1) is 5.92 Å². The molecule has 32 heavy (non-hydrogen) atoms. The number of carbonyl (C=O) groups is 1. The molecule has 10 nitrogen and oxygen atoms in total. The molecule has 0 saturated heterocycles. The molecule has 0 bridgehead atoms. The minimum Gasteiger partial charge on any atom is -0.444 e. The van der Waals surface area contributed by atoms with E-state index in [0.29, 0.717) is 36.3 Å². The van der Waals surface area contributed by atoms with Crippen molar-refractivity contribution in [3.63, 3.8) is 0 Å². The smallest absolute Gasteiger partial charge is 0.407 e. The molecule has 170 valence electrons. The lowest BCUT2D eigenvalue weighted by atomic mass is 9.81. The summed E-state index contributed by atoms with van der Waals surface area (Å²) in [5.74, 6) is 1.83. The van der Waals surface area contributed by atoms with Gasteiger partial charge in [-0.2, -0.15) is 0 Å². The number of ether oxygens (including phenoxy) is 1. The van der Waals surface area contributed by atoms with Gasteiger partial charge in [0, 0.05) is 18.1 Å². The van der Waals surface area contributed by atoms with Gasteiger partial charge in [0.1, 0.15) is 17.4 Å². The monoisotopic (exact) mass is 439 g/mol. The number of carbonyl (C=O) groups excluding carboxylic acids is 1. The first kappa shape index (κ1) is 21.9. The van der Waals surface area contributed by atoms with Gasteiger partial charge in [-0.15, -0.1) is 5.10 Å². The average Bonchev–Trinajstić information content (AvgIpc) is 3.32. The van der Waals surface area contributed by atoms with E-state index in [4.69, 9.17) is 9.15 Å². The normalized spacial score (nSPS) is 15.5. The van der Waals surface area contributed by atoms with Crippen LogP contribution in [0.15, 0.2) is 41.0 Å². The molecule has 1 aliphatic carbocycles. The SMILES string of the molecule is C=C1CC(CNC(c2cc3cccnc3o2)c2nnnn2CCNC(=O)OC(C)(C)C)C1. The van der Waals surface area contributed by atoms with Crippen molar-refractivity contribution in [2.75, 3.05) is 13.1 Å². The Kier molecular flexibility index (Phi) is 6.22. The van der Waals surface area contributed by atoms with Gasteiger partial charge in [0.2, 0.25) is 5.71 Å². The number of alkyl carbamates (subject to hydrolysis) is 1. The van der Waals surface area contributed by atoms with Crippen molar-refractivity contribution in [1.29, 1.82) is 0 Å². The highest BCUT2D eigenvalue weighted by Crippen LogP contribution is 2.32. The molecule has 1 saturated carbocycles. The largest absolute Gasteiger partial charge is 0.444 e. The van der Waals surface area contributed by atoms with Crippen molar-refractivity contribution < 1.29 is 13.9 Å². The van der Waals surface area contributed by atoms with Crippen LogP contribution in [0.4, 0.5) is 4.79 Å². The summed E-state index contributed by atoms with van der Waals surface area (Å²) in [5, 5.41) is 19.4. The van der Waals surface area contributed by atoms with Gasteiger partial charge in [0.25, 0.3) is 0 Å². The van der Waals surface area contributed by atoms with Crippen LogP contribution < -0.4 is 10.6 Å². The van der Waals surface area contributed by atoms with Gasteiger partial charge in [0.15, 0.2) is 5.82 Å². The van der Waals surface area contributed by atoms with E-state index in [1.54, 1.807) is 10.9 Å². The van der Waals surface area contributed by atoms with E-state index in [2.05, 4.69) is 37.7 Å². The minimum atomic E-state index is -0.554. The van der Waals surface area contributed by atoms with Crippen molar-refractivity contribution in [2.24, 2.45) is 5.92 Å². The molecular formula is C22H29N7O3. The standard InChI is InChI=1S/C22H29N7O3/c1-14-10-15(11-14)13-25-18(17-12-16-6-5-7-23-20(16)31-17)19-26-27-28-29(19)9-8-24-21(30)32-22(2,3)4/h5-7,12,15,18,25H,1,8-11,13H2,2-4H3,(H,24,30). The number of pyridine rings is 1. The van der Waals surface area contributed by atoms with E-state index >= 15 is 0 Å². The summed E-state index contributed by atoms with van der Waals surface area (Å²) in [4.78, 5) is 16.2. The lowest BCUT2D eigenvalue weighted by Gasteiger charge is -2.30. The summed E-state index contributed by atoms with van der Waals surface area (Å²) in [6, 6.07) is 5.43. The summed E-state index contributed by atoms with van der Waals surface area (Å²) in [7, 11) is 0. The predicted molar refractivity (Wildman–Crippen MR) is 118 cm³/mol. The molecule has 1 fully saturated rings. The van der Waals surface area contributed by atoms with Crippen molar-refractivity contribution in [2.45, 2.75) is 51.8 Å². The van der Waals surface area contributed by atoms with Crippen LogP contribution in [-0.2, 0) is 11.3 Å². The molecule has 3 aromatic rings. The van der Waals surface area contributed by atoms with Crippen molar-refractivity contribution in [3.8, 4) is 0 Å². The van der Waals surface area contributed by atoms with Gasteiger partial charge in [0.05, 0.1) is 6.54 Å². The second kappa shape index (κ2) is 9.07. The summed E-state index contributed by atoms with van der Waals surface area (Å²) in [5.41, 5.74) is 1.29. The zero-order valence-corrected chi connectivity index (χ0v) is 18.7. The van der Waals surface area contributed by atoms with E-state index in [0.717, 1.165) is 24.8 Å². The molecule has 1 amide bonds. The second-order valence-electron chi connectivity index (χ2n) is 9.10. The Morgan fingerprint density at radius 1 is 1.41 bits per heavy atom. The van der Waals surface area contributed by atoms with Gasteiger partial charge in [-0.3, -0.25) is 0 Å². The van der Waals surface area contributed by atoms with Gasteiger partial charge < -0.3 is 19.8 Å². The fourth-order valence-corrected chi connectivity index (χ4v) is 3.70. The number of aromatic nitrogens is 5. The highest BCUT2D eigenvalue weighted by molar-refractivity contribution is 5.73. The summed E-state index contributed by atoms with van der Waals surface area (Å²) in [6.07, 6.45) is 3.26. The highest BCUT2D eigenvalue weighted by atomic mass is 16.6. The van der Waals surface area contributed by atoms with E-state index in [-0.39, 0.29) is 6.04 Å². The molecule has 0 aliphatic heterocycles. The molecular weight excluding hydrogens is 410 g/mol. The quantitative estimate of drug-likeness (QED) is 0.514. The first-order valence-corrected chi connectivity index (χ1v) is 10.8. The molecule has 0 aromatic carbocycles. The van der Waals surface area contributed by atoms with Crippen LogP contribution in [0.25, 0.3) is 11.1 Å². The number of furan rings is 1. The number of tetrazole rings is 1. The first-order chi connectivity index (χ1) is 15.3. The average molecular weight is 440 g/mol. The number of nitrogens with one attached hydrogen (secondary N) is 2. The van der Waals surface area contributed by atoms with Gasteiger partial charge >= 0.3 is 6.09 Å². The van der Waals surface area contributed by atoms with Gasteiger partial charge in [-0.1, -0.05) is 12.2 Å². The van der Waals surface area contributed by atoms with Crippen LogP contribution in [0.1, 0.15) is 51.2 Å². The number of rotatable bonds is 8. The minimum absolute atomic E-state index is 0.323. The topological polar surface area (TPSA) is 120 Å². The molecule has 10 heteroatoms. The number of amides is 1. The van der Waals surface area contributed by atoms with E-state index in [1.165, 1.54) is 5.57 Å². The van der Waals surface area contributed by atoms with Crippen LogP contribution in [0.2, 0.25) is 0 Å². The van der Waals surface area contributed by atoms with Crippen molar-refractivity contribution >= 4 is 17.2 Å². The van der Waals surface area contributed by atoms with E-state index in [1.807, 2.05) is 39.0 Å². The fourth-order valence-electron chi connectivity index (χ4n) is 3.70. The lowest BCUT2D eigenvalue weighted by Crippen LogP contribution is -2.36. The summed E-state index contributed by atoms with van der Waals surface area (Å²) < 4.78 is 13.0. The maximum atomic E-state index is 11.9. The molecule has 2 N–H and O–H groups in total. The van der Waals surface area contributed by atoms with E-state index in [9.17, 15) is 4.79 Å². The first-order valence-electron chi connectivity index (χ1n) is 10.8. The maximum absolute atomic E-state index is 11.9. The molecule has 1 aliphatic rings. The molecule has 0 radical (unpaired) electrons. The fraction of sp³-hybridized carbons (Fsp3) is 0.500. The number of allylic oxidation sites excluding steroid dienone is 1. The number of hydrogen-bond donors (Lipinski definition) is 2. The van der Waals surface area contributed by atoms with Crippen LogP contribution in [-0.4, -0.2) is 50.0 Å². The Morgan fingerprint density at radius 3 is 2.94 bits per heavy atom. The third kappa shape index (κ3) is 5.31. The number of hydrogen-bond acceptors (Lipinski definition) is 8. The highest BCUT2D eigenvalue weighted by Gasteiger charge is 2.28. The van der Waals surface area contributed by atoms with E-state index < -0.39 is 11.7 Å². The van der Waals surface area contributed by atoms with Crippen LogP contribution >= 0.6 is 0 Å². The van der Waals surface area contributed by atoms with Crippen LogP contribution in [0.3, 0.4) is 0 Å². The maximum Gasteiger partial charge on any atom is 0.407 e. The Morgan fingerprint density at radius 2 is 2.22 bits per heavy atom. The molecule has 4 rings (SSSR count). The van der Waals surface area contributed by atoms with Crippen molar-refractivity contribution in [1.82, 2.24) is 35.8 Å². The van der Waals surface area contributed by atoms with Crippen molar-refractivity contribution in [3.05, 3.63) is 48.1 Å². The third-order valence-electron chi connectivity index (χ3n) is 5.17. The third-order valence-corrected chi connectivity index (χ3v) is 5.17. The molecule has 0 spiro atoms. The lowest BCUT2D eigenvalue weighted by molar-refractivity contribution is 0.0525. The second-order valence-corrected chi connectivity index (χ2v) is 9.10. The molecule has 1 atom stereocenters.